The molecule has 5 atom stereocenters. The third-order valence-electron chi connectivity index (χ3n) is 11.7. The molecular weight excluding hydrogens is 717 g/mol. The Balaban J connectivity index is 1.09. The van der Waals surface area contributed by atoms with Gasteiger partial charge in [0.1, 0.15) is 23.7 Å². The number of amides is 4. The minimum Gasteiger partial charge on any atom is -0.444 e. The summed E-state index contributed by atoms with van der Waals surface area (Å²) in [6.07, 6.45) is 11.9. The molecule has 1 saturated heterocycles. The average Bonchev–Trinajstić information content (AvgIpc) is 3.77. The Hall–Kier alpha value is -4.24. The van der Waals surface area contributed by atoms with Gasteiger partial charge in [-0.1, -0.05) is 49.3 Å². The SMILES string of the molecule is C=C[C@@H]1C[C@]1(NC(=O)[C@@H]1C[C@@H]2CN1C(=O)[C@H](C1CCCC1)Nc1nc(cs1)CCC/C=C\c1cccc3c1CN(C3)C(=O)O2)C(=O)NS(=O)(=O)C1CC1. The van der Waals surface area contributed by atoms with Gasteiger partial charge in [-0.3, -0.25) is 24.0 Å². The van der Waals surface area contributed by atoms with E-state index < -0.39 is 62.8 Å². The van der Waals surface area contributed by atoms with Crippen molar-refractivity contribution in [2.45, 2.75) is 113 Å². The number of rotatable bonds is 7. The minimum absolute atomic E-state index is 0.00834. The van der Waals surface area contributed by atoms with Crippen LogP contribution in [0.15, 0.2) is 42.3 Å². The summed E-state index contributed by atoms with van der Waals surface area (Å²) in [5.74, 6) is -2.18. The molecule has 4 fully saturated rings. The van der Waals surface area contributed by atoms with Gasteiger partial charge >= 0.3 is 6.09 Å². The lowest BCUT2D eigenvalue weighted by atomic mass is 9.96. The number of fused-ring (bicyclic) bond motifs is 5. The van der Waals surface area contributed by atoms with Gasteiger partial charge in [0.2, 0.25) is 21.8 Å². The molecule has 13 nitrogen and oxygen atoms in total. The van der Waals surface area contributed by atoms with Crippen LogP contribution in [0.3, 0.4) is 0 Å². The third kappa shape index (κ3) is 7.21. The Bertz CT molecular complexity index is 1950. The molecule has 3 aliphatic heterocycles. The first-order valence-corrected chi connectivity index (χ1v) is 21.2. The fourth-order valence-corrected chi connectivity index (χ4v) is 10.6. The van der Waals surface area contributed by atoms with Gasteiger partial charge in [-0.2, -0.15) is 0 Å². The Morgan fingerprint density at radius 3 is 2.68 bits per heavy atom. The minimum atomic E-state index is -3.87. The van der Waals surface area contributed by atoms with Crippen LogP contribution in [0, 0.1) is 11.8 Å². The highest BCUT2D eigenvalue weighted by molar-refractivity contribution is 7.91. The second-order valence-corrected chi connectivity index (χ2v) is 18.2. The van der Waals surface area contributed by atoms with E-state index in [-0.39, 0.29) is 31.2 Å². The Labute approximate surface area is 313 Å². The summed E-state index contributed by atoms with van der Waals surface area (Å²) in [4.78, 5) is 64.2. The predicted octanol–water partition coefficient (Wildman–Crippen LogP) is 4.25. The van der Waals surface area contributed by atoms with E-state index in [1.54, 1.807) is 4.90 Å². The van der Waals surface area contributed by atoms with Crippen molar-refractivity contribution >= 4 is 56.4 Å². The molecule has 53 heavy (non-hydrogen) atoms. The summed E-state index contributed by atoms with van der Waals surface area (Å²) in [5.41, 5.74) is 2.61. The Morgan fingerprint density at radius 2 is 1.92 bits per heavy atom. The summed E-state index contributed by atoms with van der Waals surface area (Å²) < 4.78 is 33.7. The van der Waals surface area contributed by atoms with Crippen LogP contribution in [-0.2, 0) is 48.7 Å². The van der Waals surface area contributed by atoms with Gasteiger partial charge in [0.15, 0.2) is 5.13 Å². The van der Waals surface area contributed by atoms with Gasteiger partial charge < -0.3 is 20.3 Å². The van der Waals surface area contributed by atoms with Crippen molar-refractivity contribution in [1.29, 1.82) is 0 Å². The quantitative estimate of drug-likeness (QED) is 0.350. The van der Waals surface area contributed by atoms with Crippen molar-refractivity contribution in [2.24, 2.45) is 11.8 Å². The van der Waals surface area contributed by atoms with E-state index in [1.807, 2.05) is 23.6 Å². The molecule has 6 aliphatic rings. The van der Waals surface area contributed by atoms with Crippen molar-refractivity contribution in [1.82, 2.24) is 24.8 Å². The zero-order valence-electron chi connectivity index (χ0n) is 29.6. The summed E-state index contributed by atoms with van der Waals surface area (Å²) in [6, 6.07) is 4.31. The monoisotopic (exact) mass is 762 g/mol. The van der Waals surface area contributed by atoms with Crippen LogP contribution in [0.4, 0.5) is 9.93 Å². The molecule has 0 unspecified atom stereocenters. The van der Waals surface area contributed by atoms with Crippen LogP contribution in [0.1, 0.15) is 86.6 Å². The maximum atomic E-state index is 14.7. The summed E-state index contributed by atoms with van der Waals surface area (Å²) in [5, 5.41) is 8.32. The number of carbonyl (C=O) groups is 4. The van der Waals surface area contributed by atoms with Crippen molar-refractivity contribution in [3.05, 3.63) is 64.7 Å². The highest BCUT2D eigenvalue weighted by Crippen LogP contribution is 2.46. The second-order valence-electron chi connectivity index (χ2n) is 15.4. The number of ether oxygens (including phenoxy) is 1. The van der Waals surface area contributed by atoms with Crippen molar-refractivity contribution < 1.29 is 32.3 Å². The van der Waals surface area contributed by atoms with E-state index >= 15 is 0 Å². The largest absolute Gasteiger partial charge is 0.444 e. The van der Waals surface area contributed by atoms with E-state index in [2.05, 4.69) is 34.1 Å². The lowest BCUT2D eigenvalue weighted by Gasteiger charge is -2.32. The van der Waals surface area contributed by atoms with Gasteiger partial charge in [-0.25, -0.2) is 18.2 Å². The van der Waals surface area contributed by atoms with Gasteiger partial charge in [0, 0.05) is 24.3 Å². The molecule has 3 N–H and O–H groups in total. The second kappa shape index (κ2) is 14.2. The zero-order valence-corrected chi connectivity index (χ0v) is 31.3. The van der Waals surface area contributed by atoms with Crippen LogP contribution in [0.5, 0.6) is 0 Å². The van der Waals surface area contributed by atoms with E-state index in [4.69, 9.17) is 9.72 Å². The molecule has 8 rings (SSSR count). The summed E-state index contributed by atoms with van der Waals surface area (Å²) in [6.45, 7) is 4.56. The van der Waals surface area contributed by atoms with Crippen molar-refractivity contribution in [3.63, 3.8) is 0 Å². The van der Waals surface area contributed by atoms with E-state index in [9.17, 15) is 27.6 Å². The number of aromatic nitrogens is 1. The predicted molar refractivity (Wildman–Crippen MR) is 199 cm³/mol. The van der Waals surface area contributed by atoms with Crippen molar-refractivity contribution in [2.75, 3.05) is 11.9 Å². The maximum absolute atomic E-state index is 14.7. The fraction of sp³-hybridized carbons (Fsp3) is 0.553. The number of thiazole rings is 1. The molecule has 1 aromatic carbocycles. The number of nitrogens with one attached hydrogen (secondary N) is 3. The van der Waals surface area contributed by atoms with Crippen LogP contribution >= 0.6 is 11.3 Å². The first-order chi connectivity index (χ1) is 25.5. The topological polar surface area (TPSA) is 167 Å². The highest BCUT2D eigenvalue weighted by Gasteiger charge is 2.62. The number of hydrogen-bond donors (Lipinski definition) is 3. The first-order valence-electron chi connectivity index (χ1n) is 18.8. The maximum Gasteiger partial charge on any atom is 0.410 e. The first kappa shape index (κ1) is 35.8. The lowest BCUT2D eigenvalue weighted by Crippen LogP contribution is -2.58. The number of hydrogen-bond acceptors (Lipinski definition) is 10. The smallest absolute Gasteiger partial charge is 0.410 e. The molecule has 6 bridgehead atoms. The van der Waals surface area contributed by atoms with E-state index in [0.29, 0.717) is 31.1 Å². The zero-order chi connectivity index (χ0) is 36.9. The van der Waals surface area contributed by atoms with Gasteiger partial charge in [-0.15, -0.1) is 17.9 Å². The van der Waals surface area contributed by atoms with Crippen LogP contribution in [0.2, 0.25) is 0 Å². The number of benzene rings is 1. The standard InChI is InChI=1S/C38H46N6O7S2/c1-2-26-18-38(26,35(47)42-53(49,50)29-15-16-29)41-33(45)31-17-28-20-44(31)34(46)32(24-10-6-7-11-24)40-36-39-27(22-52-36)14-5-3-4-9-23-12-8-13-25-19-43(21-30(23)25)37(48)51-28/h2,4,8-9,12-13,22,24,26,28-29,31-32H,1,3,5-7,10-11,14-21H2,(H,39,40)(H,41,45)(H,42,47)/b9-4-/t26-,28-,31+,32+,38-/m1/s1. The normalized spacial score (nSPS) is 29.6. The third-order valence-corrected chi connectivity index (χ3v) is 14.4. The molecular formula is C38H46N6O7S2. The molecule has 4 amide bonds. The number of carbonyl (C=O) groups excluding carboxylic acids is 4. The molecule has 2 aromatic rings. The van der Waals surface area contributed by atoms with Crippen LogP contribution in [-0.4, -0.2) is 82.5 Å². The molecule has 4 heterocycles. The van der Waals surface area contributed by atoms with Crippen LogP contribution in [0.25, 0.3) is 6.08 Å². The molecule has 0 spiro atoms. The molecule has 3 saturated carbocycles. The van der Waals surface area contributed by atoms with Gasteiger partial charge in [0.25, 0.3) is 5.91 Å². The molecule has 282 valence electrons. The van der Waals surface area contributed by atoms with Crippen molar-refractivity contribution in [3.8, 4) is 0 Å². The Morgan fingerprint density at radius 1 is 1.11 bits per heavy atom. The average molecular weight is 763 g/mol. The number of aryl methyl sites for hydroxylation is 1. The van der Waals surface area contributed by atoms with Gasteiger partial charge in [0.05, 0.1) is 24.0 Å². The Kier molecular flexibility index (Phi) is 9.58. The lowest BCUT2D eigenvalue weighted by molar-refractivity contribution is -0.141. The van der Waals surface area contributed by atoms with Crippen LogP contribution < -0.4 is 15.4 Å². The van der Waals surface area contributed by atoms with E-state index in [0.717, 1.165) is 67.3 Å². The van der Waals surface area contributed by atoms with E-state index in [1.165, 1.54) is 22.3 Å². The number of allylic oxidation sites excluding steroid dienone is 1. The molecule has 3 aliphatic carbocycles. The summed E-state index contributed by atoms with van der Waals surface area (Å²) in [7, 11) is -3.87. The van der Waals surface area contributed by atoms with Gasteiger partial charge in [-0.05, 0) is 74.0 Å². The number of anilines is 1. The fourth-order valence-electron chi connectivity index (χ4n) is 8.43. The molecule has 15 heteroatoms. The number of sulfonamides is 1. The molecule has 0 radical (unpaired) electrons. The highest BCUT2D eigenvalue weighted by atomic mass is 32.2. The molecule has 1 aromatic heterocycles. The summed E-state index contributed by atoms with van der Waals surface area (Å²) >= 11 is 1.45. The number of nitrogens with zero attached hydrogens (tertiary/aromatic N) is 3.